The van der Waals surface area contributed by atoms with E-state index in [2.05, 4.69) is 0 Å². The van der Waals surface area contributed by atoms with Crippen molar-refractivity contribution in [3.63, 3.8) is 0 Å². The van der Waals surface area contributed by atoms with E-state index in [1.165, 1.54) is 12.1 Å². The maximum absolute atomic E-state index is 11.4. The monoisotopic (exact) mass is 387 g/mol. The molecule has 0 aromatic heterocycles. The molecule has 1 heterocycles. The molecule has 2 aromatic rings. The van der Waals surface area contributed by atoms with E-state index >= 15 is 0 Å². The van der Waals surface area contributed by atoms with Crippen molar-refractivity contribution < 1.29 is 19.3 Å². The predicted octanol–water partition coefficient (Wildman–Crippen LogP) is 3.95. The summed E-state index contributed by atoms with van der Waals surface area (Å²) in [6.45, 7) is 3.56. The summed E-state index contributed by atoms with van der Waals surface area (Å²) in [6, 6.07) is 11.2. The van der Waals surface area contributed by atoms with E-state index in [0.717, 1.165) is 6.07 Å². The number of non-ortho nitro benzene ring substituents is 1. The third kappa shape index (κ3) is 4.30. The Balaban J connectivity index is 1.69. The van der Waals surface area contributed by atoms with E-state index in [9.17, 15) is 20.2 Å². The Bertz CT molecular complexity index is 864. The molecule has 28 heavy (non-hydrogen) atoms. The first kappa shape index (κ1) is 19.4. The van der Waals surface area contributed by atoms with Crippen LogP contribution in [0.15, 0.2) is 42.5 Å². The molecule has 1 fully saturated rings. The average molecular weight is 387 g/mol. The fraction of sp³-hybridized carbons (Fsp3) is 0.368. The van der Waals surface area contributed by atoms with Gasteiger partial charge in [-0.25, -0.2) is 0 Å². The van der Waals surface area contributed by atoms with Crippen molar-refractivity contribution in [1.82, 2.24) is 0 Å². The van der Waals surface area contributed by atoms with Gasteiger partial charge in [0.2, 0.25) is 0 Å². The van der Waals surface area contributed by atoms with Crippen molar-refractivity contribution in [2.75, 3.05) is 24.6 Å². The second kappa shape index (κ2) is 8.55. The summed E-state index contributed by atoms with van der Waals surface area (Å²) in [5.74, 6) is 1.38. The molecule has 0 atom stereocenters. The zero-order valence-corrected chi connectivity index (χ0v) is 15.4. The topological polar surface area (TPSA) is 108 Å². The minimum atomic E-state index is -0.632. The Morgan fingerprint density at radius 1 is 1.04 bits per heavy atom. The molecule has 0 spiro atoms. The van der Waals surface area contributed by atoms with E-state index in [1.807, 2.05) is 36.1 Å². The number of piperidine rings is 1. The summed E-state index contributed by atoms with van der Waals surface area (Å²) < 4.78 is 11.7. The van der Waals surface area contributed by atoms with Crippen LogP contribution in [-0.2, 0) is 0 Å². The van der Waals surface area contributed by atoms with Crippen LogP contribution >= 0.6 is 0 Å². The first-order chi connectivity index (χ1) is 13.5. The van der Waals surface area contributed by atoms with Gasteiger partial charge in [-0.1, -0.05) is 12.1 Å². The van der Waals surface area contributed by atoms with Gasteiger partial charge in [-0.15, -0.1) is 0 Å². The Hall–Kier alpha value is -3.36. The van der Waals surface area contributed by atoms with E-state index in [0.29, 0.717) is 49.7 Å². The molecule has 0 saturated carbocycles. The highest BCUT2D eigenvalue weighted by molar-refractivity contribution is 5.67. The van der Waals surface area contributed by atoms with Crippen LogP contribution in [0.25, 0.3) is 0 Å². The van der Waals surface area contributed by atoms with Crippen LogP contribution in [0.2, 0.25) is 0 Å². The number of anilines is 1. The Morgan fingerprint density at radius 3 is 2.32 bits per heavy atom. The summed E-state index contributed by atoms with van der Waals surface area (Å²) in [5, 5.41) is 22.3. The van der Waals surface area contributed by atoms with Crippen molar-refractivity contribution >= 4 is 17.1 Å². The van der Waals surface area contributed by atoms with Gasteiger partial charge in [0.15, 0.2) is 11.5 Å². The molecular formula is C19H21N3O6. The molecule has 9 heteroatoms. The fourth-order valence-corrected chi connectivity index (χ4v) is 3.26. The van der Waals surface area contributed by atoms with Crippen molar-refractivity contribution in [1.29, 1.82) is 0 Å². The van der Waals surface area contributed by atoms with Gasteiger partial charge in [0, 0.05) is 32.0 Å². The van der Waals surface area contributed by atoms with Crippen molar-refractivity contribution in [3.8, 4) is 11.5 Å². The smallest absolute Gasteiger partial charge is 0.299 e. The lowest BCUT2D eigenvalue weighted by atomic mass is 10.1. The molecule has 0 aliphatic carbocycles. The molecule has 9 nitrogen and oxygen atoms in total. The standard InChI is InChI=1S/C19H21N3O6/c1-2-27-18-5-3-4-6-19(18)28-15-9-11-20(12-10-15)16-8-7-14(21(23)24)13-17(16)22(25)26/h3-8,13,15H,2,9-12H2,1H3. The maximum Gasteiger partial charge on any atom is 0.299 e. The van der Waals surface area contributed by atoms with Crippen LogP contribution in [0.5, 0.6) is 11.5 Å². The Kier molecular flexibility index (Phi) is 5.93. The zero-order valence-electron chi connectivity index (χ0n) is 15.4. The number of hydrogen-bond donors (Lipinski definition) is 0. The maximum atomic E-state index is 11.4. The van der Waals surface area contributed by atoms with Gasteiger partial charge in [-0.2, -0.15) is 0 Å². The summed E-state index contributed by atoms with van der Waals surface area (Å²) in [7, 11) is 0. The van der Waals surface area contributed by atoms with Gasteiger partial charge in [0.05, 0.1) is 22.5 Å². The number of rotatable bonds is 7. The molecule has 0 amide bonds. The van der Waals surface area contributed by atoms with E-state index in [-0.39, 0.29) is 17.5 Å². The molecular weight excluding hydrogens is 366 g/mol. The van der Waals surface area contributed by atoms with E-state index in [4.69, 9.17) is 9.47 Å². The lowest BCUT2D eigenvalue weighted by Gasteiger charge is -2.33. The van der Waals surface area contributed by atoms with Gasteiger partial charge in [-0.05, 0) is 25.1 Å². The minimum absolute atomic E-state index is 0.0324. The van der Waals surface area contributed by atoms with Crippen LogP contribution in [0, 0.1) is 20.2 Å². The number of para-hydroxylation sites is 2. The quantitative estimate of drug-likeness (QED) is 0.523. The summed E-state index contributed by atoms with van der Waals surface area (Å²) in [4.78, 5) is 22.9. The first-order valence-corrected chi connectivity index (χ1v) is 9.06. The lowest BCUT2D eigenvalue weighted by Crippen LogP contribution is -2.38. The van der Waals surface area contributed by atoms with Crippen LogP contribution in [-0.4, -0.2) is 35.6 Å². The lowest BCUT2D eigenvalue weighted by molar-refractivity contribution is -0.393. The second-order valence-electron chi connectivity index (χ2n) is 6.37. The third-order valence-electron chi connectivity index (χ3n) is 4.59. The van der Waals surface area contributed by atoms with Gasteiger partial charge >= 0.3 is 0 Å². The average Bonchev–Trinajstić information content (AvgIpc) is 2.70. The number of nitro groups is 2. The normalized spacial score (nSPS) is 14.5. The molecule has 148 valence electrons. The summed E-state index contributed by atoms with van der Waals surface area (Å²) in [6.07, 6.45) is 1.32. The molecule has 0 unspecified atom stereocenters. The highest BCUT2D eigenvalue weighted by atomic mass is 16.6. The molecule has 1 aliphatic rings. The molecule has 1 aliphatic heterocycles. The van der Waals surface area contributed by atoms with E-state index < -0.39 is 9.85 Å². The molecule has 0 bridgehead atoms. The molecule has 3 rings (SSSR count). The SMILES string of the molecule is CCOc1ccccc1OC1CCN(c2ccc([N+](=O)[O-])cc2[N+](=O)[O-])CC1. The number of nitrogens with zero attached hydrogens (tertiary/aromatic N) is 3. The number of hydrogen-bond acceptors (Lipinski definition) is 7. The fourth-order valence-electron chi connectivity index (χ4n) is 3.26. The van der Waals surface area contributed by atoms with Crippen LogP contribution in [0.4, 0.5) is 17.1 Å². The molecule has 0 N–H and O–H groups in total. The van der Waals surface area contributed by atoms with Gasteiger partial charge in [0.1, 0.15) is 11.8 Å². The zero-order chi connectivity index (χ0) is 20.1. The highest BCUT2D eigenvalue weighted by Gasteiger charge is 2.28. The van der Waals surface area contributed by atoms with Gasteiger partial charge in [0.25, 0.3) is 11.4 Å². The number of benzene rings is 2. The largest absolute Gasteiger partial charge is 0.490 e. The van der Waals surface area contributed by atoms with Crippen LogP contribution in [0.3, 0.4) is 0 Å². The van der Waals surface area contributed by atoms with E-state index in [1.54, 1.807) is 0 Å². The summed E-state index contributed by atoms with van der Waals surface area (Å²) >= 11 is 0. The van der Waals surface area contributed by atoms with Crippen LogP contribution < -0.4 is 14.4 Å². The minimum Gasteiger partial charge on any atom is -0.490 e. The van der Waals surface area contributed by atoms with Gasteiger partial charge < -0.3 is 14.4 Å². The first-order valence-electron chi connectivity index (χ1n) is 9.06. The third-order valence-corrected chi connectivity index (χ3v) is 4.59. The Morgan fingerprint density at radius 2 is 1.71 bits per heavy atom. The van der Waals surface area contributed by atoms with Crippen molar-refractivity contribution in [2.24, 2.45) is 0 Å². The number of nitro benzene ring substituents is 2. The highest BCUT2D eigenvalue weighted by Crippen LogP contribution is 2.35. The Labute approximate surface area is 161 Å². The van der Waals surface area contributed by atoms with Crippen molar-refractivity contribution in [3.05, 3.63) is 62.7 Å². The van der Waals surface area contributed by atoms with Gasteiger partial charge in [-0.3, -0.25) is 20.2 Å². The summed E-state index contributed by atoms with van der Waals surface area (Å²) in [5.41, 5.74) is -0.153. The molecule has 2 aromatic carbocycles. The predicted molar refractivity (Wildman–Crippen MR) is 103 cm³/mol. The molecule has 1 saturated heterocycles. The van der Waals surface area contributed by atoms with Crippen LogP contribution in [0.1, 0.15) is 19.8 Å². The second-order valence-corrected chi connectivity index (χ2v) is 6.37. The van der Waals surface area contributed by atoms with Crippen molar-refractivity contribution in [2.45, 2.75) is 25.9 Å². The molecule has 0 radical (unpaired) electrons. The number of ether oxygens (including phenoxy) is 2.